The Labute approximate surface area is 261 Å². The molecule has 0 aliphatic carbocycles. The molecule has 0 saturated carbocycles. The first kappa shape index (κ1) is 51.9. The van der Waals surface area contributed by atoms with E-state index in [9.17, 15) is 24.0 Å². The molecule has 0 aromatic carbocycles. The van der Waals surface area contributed by atoms with E-state index < -0.39 is 41.6 Å². The summed E-state index contributed by atoms with van der Waals surface area (Å²) in [7, 11) is 0. The maximum Gasteiger partial charge on any atom is 0.407 e. The van der Waals surface area contributed by atoms with E-state index in [1.54, 1.807) is 69.2 Å². The number of carboxylic acid groups (broad SMARTS) is 1. The molecule has 17 heteroatoms. The summed E-state index contributed by atoms with van der Waals surface area (Å²) in [5.74, 6) is -1.11. The summed E-state index contributed by atoms with van der Waals surface area (Å²) in [6.45, 7) is 19.4. The van der Waals surface area contributed by atoms with Crippen molar-refractivity contribution in [3.8, 4) is 0 Å². The Hall–Kier alpha value is -2.75. The minimum absolute atomic E-state index is 0. The first-order chi connectivity index (χ1) is 17.9. The van der Waals surface area contributed by atoms with E-state index in [2.05, 4.69) is 21.1 Å². The van der Waals surface area contributed by atoms with Crippen LogP contribution in [-0.4, -0.2) is 89.6 Å². The number of primary amides is 1. The van der Waals surface area contributed by atoms with Gasteiger partial charge in [0.2, 0.25) is 0 Å². The minimum atomic E-state index is -0.775. The zero-order valence-electron chi connectivity index (χ0n) is 26.6. The molecule has 0 rings (SSSR count). The number of aliphatic carboxylic acids is 1. The molecule has 3 unspecified atom stereocenters. The van der Waals surface area contributed by atoms with E-state index in [1.807, 2.05) is 0 Å². The smallest absolute Gasteiger partial charge is 0.407 e. The highest BCUT2D eigenvalue weighted by atomic mass is 35.5. The Morgan fingerprint density at radius 3 is 1.36 bits per heavy atom. The number of halogens is 2. The van der Waals surface area contributed by atoms with Crippen LogP contribution in [0, 0.1) is 0 Å². The third-order valence-corrected chi connectivity index (χ3v) is 3.19. The van der Waals surface area contributed by atoms with Gasteiger partial charge in [-0.2, -0.15) is 0 Å². The van der Waals surface area contributed by atoms with Crippen molar-refractivity contribution in [3.63, 3.8) is 0 Å². The number of amides is 3. The summed E-state index contributed by atoms with van der Waals surface area (Å²) in [6, 6.07) is 0. The molecule has 0 aromatic rings. The second-order valence-corrected chi connectivity index (χ2v) is 10.3. The van der Waals surface area contributed by atoms with E-state index in [4.69, 9.17) is 30.2 Å². The zero-order chi connectivity index (χ0) is 32.7. The Kier molecular flexibility index (Phi) is 35.1. The SMILES string of the molecule is CC(=O)OC(C)CNC(=O)OC(C)(C)C.CC(CN)OC(N)=O.CC(O)CNC(=O)OC(C)(C)C.CCC(=O)O.Cl.Cl. The van der Waals surface area contributed by atoms with Gasteiger partial charge < -0.3 is 51.3 Å². The molecule has 0 spiro atoms. The van der Waals surface area contributed by atoms with Crippen LogP contribution in [0.3, 0.4) is 0 Å². The fourth-order valence-corrected chi connectivity index (χ4v) is 1.66. The normalized spacial score (nSPS) is 11.8. The number of esters is 1. The van der Waals surface area contributed by atoms with Crippen molar-refractivity contribution in [1.29, 1.82) is 0 Å². The second-order valence-electron chi connectivity index (χ2n) is 10.3. The van der Waals surface area contributed by atoms with Gasteiger partial charge in [-0.25, -0.2) is 14.4 Å². The van der Waals surface area contributed by atoms with Crippen LogP contribution in [0.25, 0.3) is 0 Å². The van der Waals surface area contributed by atoms with Crippen LogP contribution in [0.5, 0.6) is 0 Å². The summed E-state index contributed by atoms with van der Waals surface area (Å²) in [5.41, 5.74) is 8.74. The number of nitrogens with one attached hydrogen (secondary N) is 2. The number of carboxylic acids is 1. The van der Waals surface area contributed by atoms with Gasteiger partial charge in [0.05, 0.1) is 12.6 Å². The van der Waals surface area contributed by atoms with Gasteiger partial charge in [-0.1, -0.05) is 6.92 Å². The fourth-order valence-electron chi connectivity index (χ4n) is 1.66. The van der Waals surface area contributed by atoms with Crippen molar-refractivity contribution in [1.82, 2.24) is 10.6 Å². The van der Waals surface area contributed by atoms with Gasteiger partial charge in [-0.05, 0) is 62.3 Å². The van der Waals surface area contributed by atoms with Gasteiger partial charge in [-0.15, -0.1) is 24.8 Å². The minimum Gasteiger partial charge on any atom is -0.481 e. The van der Waals surface area contributed by atoms with Gasteiger partial charge in [0, 0.05) is 26.4 Å². The lowest BCUT2D eigenvalue weighted by Crippen LogP contribution is -2.37. The van der Waals surface area contributed by atoms with Crippen LogP contribution in [0.4, 0.5) is 14.4 Å². The number of rotatable bonds is 8. The third kappa shape index (κ3) is 57.2. The molecule has 15 nitrogen and oxygen atoms in total. The Bertz CT molecular complexity index is 745. The fraction of sp³-hybridized carbons (Fsp3) is 0.800. The van der Waals surface area contributed by atoms with Crippen LogP contribution < -0.4 is 22.1 Å². The monoisotopic (exact) mass is 656 g/mol. The molecule has 0 aliphatic rings. The lowest BCUT2D eigenvalue weighted by atomic mass is 10.2. The van der Waals surface area contributed by atoms with Crippen molar-refractivity contribution in [2.24, 2.45) is 11.5 Å². The number of alkyl carbamates (subject to hydrolysis) is 2. The summed E-state index contributed by atoms with van der Waals surface area (Å²) >= 11 is 0. The maximum absolute atomic E-state index is 11.2. The molecular weight excluding hydrogens is 603 g/mol. The summed E-state index contributed by atoms with van der Waals surface area (Å²) in [5, 5.41) is 21.5. The third-order valence-electron chi connectivity index (χ3n) is 3.19. The average molecular weight is 658 g/mol. The van der Waals surface area contributed by atoms with E-state index in [0.29, 0.717) is 6.54 Å². The number of hydrogen-bond donors (Lipinski definition) is 6. The first-order valence-corrected chi connectivity index (χ1v) is 12.6. The van der Waals surface area contributed by atoms with Crippen LogP contribution >= 0.6 is 24.8 Å². The van der Waals surface area contributed by atoms with E-state index in [1.165, 1.54) is 6.92 Å². The number of carbonyl (C=O) groups excluding carboxylic acids is 4. The van der Waals surface area contributed by atoms with Crippen molar-refractivity contribution >= 4 is 55.0 Å². The highest BCUT2D eigenvalue weighted by Gasteiger charge is 2.17. The number of aliphatic hydroxyl groups is 1. The number of aliphatic hydroxyl groups excluding tert-OH is 1. The van der Waals surface area contributed by atoms with E-state index in [-0.39, 0.29) is 62.5 Å². The highest BCUT2D eigenvalue weighted by molar-refractivity contribution is 5.85. The topological polar surface area (TPSA) is 239 Å². The molecule has 3 atom stereocenters. The molecule has 0 aromatic heterocycles. The second kappa shape index (κ2) is 28.4. The number of carbonyl (C=O) groups is 5. The van der Waals surface area contributed by atoms with Crippen molar-refractivity contribution in [3.05, 3.63) is 0 Å². The summed E-state index contributed by atoms with van der Waals surface area (Å²) < 4.78 is 19.2. The van der Waals surface area contributed by atoms with Crippen molar-refractivity contribution in [2.45, 2.75) is 112 Å². The van der Waals surface area contributed by atoms with Gasteiger partial charge in [0.25, 0.3) is 0 Å². The Morgan fingerprint density at radius 2 is 1.14 bits per heavy atom. The summed E-state index contributed by atoms with van der Waals surface area (Å²) in [6.07, 6.45) is -2.73. The van der Waals surface area contributed by atoms with Crippen molar-refractivity contribution in [2.75, 3.05) is 19.6 Å². The average Bonchev–Trinajstić information content (AvgIpc) is 2.74. The van der Waals surface area contributed by atoms with Crippen LogP contribution in [-0.2, 0) is 28.5 Å². The summed E-state index contributed by atoms with van der Waals surface area (Å²) in [4.78, 5) is 51.9. The maximum atomic E-state index is 11.2. The quantitative estimate of drug-likeness (QED) is 0.163. The largest absolute Gasteiger partial charge is 0.481 e. The number of ether oxygens (including phenoxy) is 4. The van der Waals surface area contributed by atoms with Gasteiger partial charge in [-0.3, -0.25) is 9.59 Å². The molecule has 254 valence electrons. The lowest BCUT2D eigenvalue weighted by Gasteiger charge is -2.20. The van der Waals surface area contributed by atoms with E-state index in [0.717, 1.165) is 0 Å². The highest BCUT2D eigenvalue weighted by Crippen LogP contribution is 2.07. The molecule has 0 radical (unpaired) electrons. The standard InChI is InChI=1S/C10H19NO4.C8H17NO3.C4H10N2O2.C3H6O2.2ClH/c1-7(14-8(2)12)6-11-9(13)15-10(3,4)5;1-6(10)5-9-7(11)12-8(2,3)4;1-3(2-5)8-4(6)7;1-2-3(4)5;;/h7H,6H2,1-5H3,(H,11,13);6,10H,5H2,1-4H3,(H,9,11);3H,2,5H2,1H3,(H2,6,7);2H2,1H3,(H,4,5);2*1H. The number of hydrogen-bond acceptors (Lipinski definition) is 11. The molecule has 8 N–H and O–H groups in total. The molecule has 0 heterocycles. The first-order valence-electron chi connectivity index (χ1n) is 12.6. The Balaban J connectivity index is -0.000000108. The van der Waals surface area contributed by atoms with Gasteiger partial charge >= 0.3 is 30.2 Å². The molecule has 42 heavy (non-hydrogen) atoms. The zero-order valence-corrected chi connectivity index (χ0v) is 28.2. The predicted molar refractivity (Wildman–Crippen MR) is 163 cm³/mol. The lowest BCUT2D eigenvalue weighted by molar-refractivity contribution is -0.145. The van der Waals surface area contributed by atoms with Gasteiger partial charge in [0.15, 0.2) is 0 Å². The predicted octanol–water partition coefficient (Wildman–Crippen LogP) is 3.11. The van der Waals surface area contributed by atoms with Crippen LogP contribution in [0.15, 0.2) is 0 Å². The molecular formula is C25H54Cl2N4O11. The van der Waals surface area contributed by atoms with Crippen LogP contribution in [0.2, 0.25) is 0 Å². The number of nitrogens with two attached hydrogens (primary N) is 2. The Morgan fingerprint density at radius 1 is 0.786 bits per heavy atom. The molecule has 0 aliphatic heterocycles. The van der Waals surface area contributed by atoms with Crippen LogP contribution in [0.1, 0.15) is 82.6 Å². The van der Waals surface area contributed by atoms with Gasteiger partial charge in [0.1, 0.15) is 23.4 Å². The molecule has 0 bridgehead atoms. The molecule has 3 amide bonds. The van der Waals surface area contributed by atoms with E-state index >= 15 is 0 Å². The molecule has 0 fully saturated rings. The molecule has 0 saturated heterocycles. The van der Waals surface area contributed by atoms with Crippen molar-refractivity contribution < 1.29 is 53.1 Å².